The van der Waals surface area contributed by atoms with Crippen molar-refractivity contribution in [3.8, 4) is 0 Å². The van der Waals surface area contributed by atoms with E-state index < -0.39 is 0 Å². The molecule has 1 aliphatic heterocycles. The van der Waals surface area contributed by atoms with E-state index in [0.29, 0.717) is 5.69 Å². The van der Waals surface area contributed by atoms with E-state index in [-0.39, 0.29) is 5.91 Å². The monoisotopic (exact) mass is 324 g/mol. The van der Waals surface area contributed by atoms with E-state index in [1.54, 1.807) is 12.3 Å². The third kappa shape index (κ3) is 3.85. The number of pyridine rings is 1. The van der Waals surface area contributed by atoms with E-state index in [4.69, 9.17) is 0 Å². The SMILES string of the molecule is CN(C)c1ccc(Nc2ccc(C(=O)N3CCCCC3)nc2)cc1. The highest BCUT2D eigenvalue weighted by Crippen LogP contribution is 2.20. The molecule has 0 spiro atoms. The van der Waals surface area contributed by atoms with Crippen molar-refractivity contribution in [3.63, 3.8) is 0 Å². The summed E-state index contributed by atoms with van der Waals surface area (Å²) < 4.78 is 0. The first-order chi connectivity index (χ1) is 11.6. The van der Waals surface area contributed by atoms with Crippen LogP contribution in [0.5, 0.6) is 0 Å². The number of nitrogens with one attached hydrogen (secondary N) is 1. The topological polar surface area (TPSA) is 48.5 Å². The Morgan fingerprint density at radius 3 is 2.25 bits per heavy atom. The van der Waals surface area contributed by atoms with Crippen molar-refractivity contribution < 1.29 is 4.79 Å². The molecule has 0 radical (unpaired) electrons. The van der Waals surface area contributed by atoms with E-state index in [0.717, 1.165) is 43.0 Å². The molecule has 0 bridgehead atoms. The summed E-state index contributed by atoms with van der Waals surface area (Å²) in [5, 5.41) is 3.31. The molecule has 1 amide bonds. The fourth-order valence-electron chi connectivity index (χ4n) is 2.86. The van der Waals surface area contributed by atoms with Crippen LogP contribution >= 0.6 is 0 Å². The van der Waals surface area contributed by atoms with Crippen molar-refractivity contribution in [3.05, 3.63) is 48.3 Å². The molecule has 1 aromatic heterocycles. The Labute approximate surface area is 143 Å². The third-order valence-electron chi connectivity index (χ3n) is 4.30. The number of anilines is 3. The van der Waals surface area contributed by atoms with Crippen LogP contribution in [0.1, 0.15) is 29.8 Å². The number of likely N-dealkylation sites (tertiary alicyclic amines) is 1. The van der Waals surface area contributed by atoms with Crippen LogP contribution in [0.4, 0.5) is 17.1 Å². The quantitative estimate of drug-likeness (QED) is 0.935. The Bertz CT molecular complexity index is 674. The summed E-state index contributed by atoms with van der Waals surface area (Å²) in [5.41, 5.74) is 3.55. The number of aromatic nitrogens is 1. The van der Waals surface area contributed by atoms with Gasteiger partial charge in [0.05, 0.1) is 11.9 Å². The van der Waals surface area contributed by atoms with Gasteiger partial charge < -0.3 is 15.1 Å². The molecular formula is C19H24N4O. The second-order valence-electron chi connectivity index (χ2n) is 6.35. The summed E-state index contributed by atoms with van der Waals surface area (Å²) in [7, 11) is 4.04. The van der Waals surface area contributed by atoms with Gasteiger partial charge in [-0.1, -0.05) is 0 Å². The van der Waals surface area contributed by atoms with Crippen LogP contribution in [-0.4, -0.2) is 43.0 Å². The highest BCUT2D eigenvalue weighted by Gasteiger charge is 2.18. The number of amides is 1. The first-order valence-electron chi connectivity index (χ1n) is 8.43. The van der Waals surface area contributed by atoms with Crippen molar-refractivity contribution in [1.82, 2.24) is 9.88 Å². The largest absolute Gasteiger partial charge is 0.378 e. The Balaban J connectivity index is 1.64. The zero-order chi connectivity index (χ0) is 16.9. The molecule has 1 saturated heterocycles. The lowest BCUT2D eigenvalue weighted by molar-refractivity contribution is 0.0718. The van der Waals surface area contributed by atoms with Gasteiger partial charge in [-0.25, -0.2) is 4.98 Å². The fourth-order valence-corrected chi connectivity index (χ4v) is 2.86. The third-order valence-corrected chi connectivity index (χ3v) is 4.30. The molecule has 0 unspecified atom stereocenters. The second kappa shape index (κ2) is 7.34. The average molecular weight is 324 g/mol. The number of rotatable bonds is 4. The molecule has 5 heteroatoms. The number of hydrogen-bond donors (Lipinski definition) is 1. The zero-order valence-corrected chi connectivity index (χ0v) is 14.3. The lowest BCUT2D eigenvalue weighted by atomic mass is 10.1. The normalized spacial score (nSPS) is 14.3. The molecule has 2 heterocycles. The number of hydrogen-bond acceptors (Lipinski definition) is 4. The minimum atomic E-state index is 0.0385. The Kier molecular flexibility index (Phi) is 4.99. The molecule has 5 nitrogen and oxygen atoms in total. The van der Waals surface area contributed by atoms with Gasteiger partial charge in [-0.05, 0) is 55.7 Å². The molecule has 0 aliphatic carbocycles. The maximum absolute atomic E-state index is 12.4. The summed E-state index contributed by atoms with van der Waals surface area (Å²) >= 11 is 0. The molecule has 1 aliphatic rings. The summed E-state index contributed by atoms with van der Waals surface area (Å²) in [5.74, 6) is 0.0385. The average Bonchev–Trinajstić information content (AvgIpc) is 2.63. The van der Waals surface area contributed by atoms with Gasteiger partial charge in [0.15, 0.2) is 0 Å². The molecule has 2 aromatic rings. The van der Waals surface area contributed by atoms with E-state index in [1.165, 1.54) is 6.42 Å². The zero-order valence-electron chi connectivity index (χ0n) is 14.3. The molecule has 3 rings (SSSR count). The van der Waals surface area contributed by atoms with Gasteiger partial charge in [0.25, 0.3) is 5.91 Å². The van der Waals surface area contributed by atoms with Crippen LogP contribution in [0.2, 0.25) is 0 Å². The standard InChI is InChI=1S/C19H24N4O/c1-22(2)17-9-6-15(7-10-17)21-16-8-11-18(20-14-16)19(24)23-12-4-3-5-13-23/h6-11,14,21H,3-5,12-13H2,1-2H3. The van der Waals surface area contributed by atoms with E-state index in [9.17, 15) is 4.79 Å². The molecule has 126 valence electrons. The highest BCUT2D eigenvalue weighted by molar-refractivity contribution is 5.92. The van der Waals surface area contributed by atoms with Crippen LogP contribution in [0.25, 0.3) is 0 Å². The van der Waals surface area contributed by atoms with Gasteiger partial charge in [-0.3, -0.25) is 4.79 Å². The number of piperidine rings is 1. The summed E-state index contributed by atoms with van der Waals surface area (Å²) in [6, 6.07) is 11.9. The van der Waals surface area contributed by atoms with Crippen molar-refractivity contribution in [1.29, 1.82) is 0 Å². The van der Waals surface area contributed by atoms with Crippen LogP contribution in [0.15, 0.2) is 42.6 Å². The van der Waals surface area contributed by atoms with Gasteiger partial charge in [0.1, 0.15) is 5.69 Å². The number of nitrogens with zero attached hydrogens (tertiary/aromatic N) is 3. The molecule has 1 aromatic carbocycles. The van der Waals surface area contributed by atoms with Crippen molar-refractivity contribution in [2.24, 2.45) is 0 Å². The minimum Gasteiger partial charge on any atom is -0.378 e. The van der Waals surface area contributed by atoms with Crippen molar-refractivity contribution in [2.75, 3.05) is 37.4 Å². The first-order valence-corrected chi connectivity index (χ1v) is 8.43. The number of benzene rings is 1. The van der Waals surface area contributed by atoms with Gasteiger partial charge >= 0.3 is 0 Å². The first kappa shape index (κ1) is 16.3. The predicted octanol–water partition coefficient (Wildman–Crippen LogP) is 3.52. The van der Waals surface area contributed by atoms with E-state index >= 15 is 0 Å². The maximum atomic E-state index is 12.4. The molecule has 1 fully saturated rings. The maximum Gasteiger partial charge on any atom is 0.272 e. The molecule has 0 atom stereocenters. The molecule has 1 N–H and O–H groups in total. The Hall–Kier alpha value is -2.56. The van der Waals surface area contributed by atoms with Gasteiger partial charge in [-0.15, -0.1) is 0 Å². The molecular weight excluding hydrogens is 300 g/mol. The lowest BCUT2D eigenvalue weighted by Gasteiger charge is -2.26. The minimum absolute atomic E-state index is 0.0385. The summed E-state index contributed by atoms with van der Waals surface area (Å²) in [6.45, 7) is 1.69. The lowest BCUT2D eigenvalue weighted by Crippen LogP contribution is -2.36. The smallest absolute Gasteiger partial charge is 0.272 e. The summed E-state index contributed by atoms with van der Waals surface area (Å²) in [6.07, 6.45) is 5.12. The Morgan fingerprint density at radius 1 is 1.00 bits per heavy atom. The fraction of sp³-hybridized carbons (Fsp3) is 0.368. The van der Waals surface area contributed by atoms with Crippen LogP contribution < -0.4 is 10.2 Å². The van der Waals surface area contributed by atoms with E-state index in [1.807, 2.05) is 37.2 Å². The Morgan fingerprint density at radius 2 is 1.67 bits per heavy atom. The van der Waals surface area contributed by atoms with Crippen LogP contribution in [0, 0.1) is 0 Å². The molecule has 0 saturated carbocycles. The highest BCUT2D eigenvalue weighted by atomic mass is 16.2. The van der Waals surface area contributed by atoms with Gasteiger partial charge in [0.2, 0.25) is 0 Å². The van der Waals surface area contributed by atoms with Crippen molar-refractivity contribution in [2.45, 2.75) is 19.3 Å². The predicted molar refractivity (Wildman–Crippen MR) is 98.0 cm³/mol. The van der Waals surface area contributed by atoms with Crippen LogP contribution in [0.3, 0.4) is 0 Å². The molecule has 24 heavy (non-hydrogen) atoms. The number of carbonyl (C=O) groups excluding carboxylic acids is 1. The van der Waals surface area contributed by atoms with Gasteiger partial charge in [-0.2, -0.15) is 0 Å². The number of carbonyl (C=O) groups is 1. The van der Waals surface area contributed by atoms with Crippen molar-refractivity contribution >= 4 is 23.0 Å². The van der Waals surface area contributed by atoms with Gasteiger partial charge in [0, 0.05) is 38.6 Å². The van der Waals surface area contributed by atoms with Crippen LogP contribution in [-0.2, 0) is 0 Å². The van der Waals surface area contributed by atoms with E-state index in [2.05, 4.69) is 27.3 Å². The summed E-state index contributed by atoms with van der Waals surface area (Å²) in [4.78, 5) is 20.7. The second-order valence-corrected chi connectivity index (χ2v) is 6.35.